The minimum atomic E-state index is 0.491. The maximum atomic E-state index is 5.40. The van der Waals surface area contributed by atoms with Crippen LogP contribution in [0.2, 0.25) is 0 Å². The zero-order chi connectivity index (χ0) is 10.4. The van der Waals surface area contributed by atoms with E-state index in [0.29, 0.717) is 12.1 Å². The highest BCUT2D eigenvalue weighted by molar-refractivity contribution is 4.79. The highest BCUT2D eigenvalue weighted by Crippen LogP contribution is 2.27. The molecule has 1 N–H and O–H groups in total. The Morgan fingerprint density at radius 2 is 1.93 bits per heavy atom. The molecule has 0 amide bonds. The number of ether oxygens (including phenoxy) is 1. The molecule has 0 aliphatic heterocycles. The second kappa shape index (κ2) is 6.41. The van der Waals surface area contributed by atoms with Gasteiger partial charge in [-0.05, 0) is 39.5 Å². The van der Waals surface area contributed by atoms with Crippen LogP contribution in [0, 0.1) is 5.92 Å². The monoisotopic (exact) mass is 199 g/mol. The fraction of sp³-hybridized carbons (Fsp3) is 1.00. The van der Waals surface area contributed by atoms with Gasteiger partial charge in [0.15, 0.2) is 0 Å². The molecule has 0 aromatic heterocycles. The lowest BCUT2D eigenvalue weighted by molar-refractivity contribution is 0.121. The zero-order valence-corrected chi connectivity index (χ0v) is 9.88. The van der Waals surface area contributed by atoms with Gasteiger partial charge < -0.3 is 10.1 Å². The average molecular weight is 199 g/mol. The third-order valence-electron chi connectivity index (χ3n) is 3.23. The van der Waals surface area contributed by atoms with E-state index in [2.05, 4.69) is 19.2 Å². The van der Waals surface area contributed by atoms with Crippen LogP contribution in [0.4, 0.5) is 0 Å². The van der Waals surface area contributed by atoms with Gasteiger partial charge in [0.25, 0.3) is 0 Å². The number of nitrogens with one attached hydrogen (secondary N) is 1. The molecule has 2 atom stereocenters. The molecule has 0 bridgehead atoms. The second-order valence-corrected chi connectivity index (χ2v) is 4.56. The van der Waals surface area contributed by atoms with Gasteiger partial charge in [-0.25, -0.2) is 0 Å². The van der Waals surface area contributed by atoms with Crippen LogP contribution >= 0.6 is 0 Å². The van der Waals surface area contributed by atoms with E-state index in [9.17, 15) is 0 Å². The Morgan fingerprint density at radius 3 is 2.50 bits per heavy atom. The van der Waals surface area contributed by atoms with Gasteiger partial charge in [0.1, 0.15) is 0 Å². The first-order valence-corrected chi connectivity index (χ1v) is 6.07. The number of rotatable bonds is 6. The molecule has 0 aromatic rings. The van der Waals surface area contributed by atoms with Gasteiger partial charge >= 0.3 is 0 Å². The van der Waals surface area contributed by atoms with Gasteiger partial charge in [-0.15, -0.1) is 0 Å². The summed E-state index contributed by atoms with van der Waals surface area (Å²) in [6.45, 7) is 8.24. The molecule has 2 nitrogen and oxygen atoms in total. The molecule has 2 heteroatoms. The van der Waals surface area contributed by atoms with Gasteiger partial charge in [-0.1, -0.05) is 12.8 Å². The van der Waals surface area contributed by atoms with E-state index in [1.54, 1.807) is 0 Å². The molecular weight excluding hydrogens is 174 g/mol. The first-order valence-electron chi connectivity index (χ1n) is 6.07. The highest BCUT2D eigenvalue weighted by atomic mass is 16.5. The molecule has 14 heavy (non-hydrogen) atoms. The Morgan fingerprint density at radius 1 is 1.29 bits per heavy atom. The van der Waals surface area contributed by atoms with E-state index in [1.807, 2.05) is 6.92 Å². The van der Waals surface area contributed by atoms with Crippen molar-refractivity contribution in [1.29, 1.82) is 0 Å². The predicted octanol–water partition coefficient (Wildman–Crippen LogP) is 2.58. The smallest absolute Gasteiger partial charge is 0.0616 e. The summed E-state index contributed by atoms with van der Waals surface area (Å²) >= 11 is 0. The van der Waals surface area contributed by atoms with E-state index in [4.69, 9.17) is 4.74 Å². The molecule has 1 aliphatic carbocycles. The molecule has 0 radical (unpaired) electrons. The molecule has 1 rings (SSSR count). The van der Waals surface area contributed by atoms with Crippen LogP contribution in [0.25, 0.3) is 0 Å². The summed E-state index contributed by atoms with van der Waals surface area (Å²) in [6.07, 6.45) is 5.68. The van der Waals surface area contributed by atoms with Gasteiger partial charge in [0.2, 0.25) is 0 Å². The van der Waals surface area contributed by atoms with E-state index in [0.717, 1.165) is 19.1 Å². The van der Waals surface area contributed by atoms with Gasteiger partial charge in [-0.3, -0.25) is 0 Å². The van der Waals surface area contributed by atoms with E-state index in [1.165, 1.54) is 25.7 Å². The fourth-order valence-electron chi connectivity index (χ4n) is 2.38. The number of hydrogen-bond acceptors (Lipinski definition) is 2. The first-order chi connectivity index (χ1) is 6.74. The van der Waals surface area contributed by atoms with Gasteiger partial charge in [-0.2, -0.15) is 0 Å². The maximum absolute atomic E-state index is 5.40. The van der Waals surface area contributed by atoms with Crippen molar-refractivity contribution in [2.45, 2.75) is 58.5 Å². The van der Waals surface area contributed by atoms with Crippen molar-refractivity contribution < 1.29 is 4.74 Å². The summed E-state index contributed by atoms with van der Waals surface area (Å²) in [6, 6.07) is 1.15. The minimum absolute atomic E-state index is 0.491. The summed E-state index contributed by atoms with van der Waals surface area (Å²) < 4.78 is 5.40. The molecule has 1 saturated carbocycles. The van der Waals surface area contributed by atoms with Crippen LogP contribution in [0.15, 0.2) is 0 Å². The van der Waals surface area contributed by atoms with Crippen molar-refractivity contribution in [2.75, 3.05) is 13.2 Å². The maximum Gasteiger partial charge on any atom is 0.0616 e. The molecular formula is C12H25NO. The summed E-state index contributed by atoms with van der Waals surface area (Å²) in [5.41, 5.74) is 0. The Bertz CT molecular complexity index is 143. The van der Waals surface area contributed by atoms with Crippen LogP contribution in [-0.4, -0.2) is 25.3 Å². The molecule has 1 fully saturated rings. The highest BCUT2D eigenvalue weighted by Gasteiger charge is 2.22. The molecule has 0 heterocycles. The SMILES string of the molecule is CCOCC(C)N[C@@H](C)C1CCCC1. The largest absolute Gasteiger partial charge is 0.380 e. The van der Waals surface area contributed by atoms with Crippen LogP contribution in [0.1, 0.15) is 46.5 Å². The van der Waals surface area contributed by atoms with Crippen molar-refractivity contribution in [3.63, 3.8) is 0 Å². The van der Waals surface area contributed by atoms with E-state index >= 15 is 0 Å². The lowest BCUT2D eigenvalue weighted by Crippen LogP contribution is -2.41. The molecule has 1 aliphatic rings. The van der Waals surface area contributed by atoms with Crippen LogP contribution in [0.3, 0.4) is 0 Å². The lowest BCUT2D eigenvalue weighted by Gasteiger charge is -2.24. The Kier molecular flexibility index (Phi) is 5.49. The fourth-order valence-corrected chi connectivity index (χ4v) is 2.38. The van der Waals surface area contributed by atoms with Crippen molar-refractivity contribution in [3.05, 3.63) is 0 Å². The van der Waals surface area contributed by atoms with Crippen molar-refractivity contribution >= 4 is 0 Å². The normalized spacial score (nSPS) is 22.5. The standard InChI is InChI=1S/C12H25NO/c1-4-14-9-10(2)13-11(3)12-7-5-6-8-12/h10-13H,4-9H2,1-3H3/t10?,11-/m0/s1. The molecule has 1 unspecified atom stereocenters. The van der Waals surface area contributed by atoms with Gasteiger partial charge in [0, 0.05) is 18.7 Å². The molecule has 84 valence electrons. The quantitative estimate of drug-likeness (QED) is 0.710. The van der Waals surface area contributed by atoms with Crippen molar-refractivity contribution in [3.8, 4) is 0 Å². The molecule has 0 spiro atoms. The Labute approximate surface area is 88.4 Å². The minimum Gasteiger partial charge on any atom is -0.380 e. The van der Waals surface area contributed by atoms with E-state index < -0.39 is 0 Å². The van der Waals surface area contributed by atoms with E-state index in [-0.39, 0.29) is 0 Å². The first kappa shape index (κ1) is 12.0. The van der Waals surface area contributed by atoms with Crippen molar-refractivity contribution in [2.24, 2.45) is 5.92 Å². The van der Waals surface area contributed by atoms with Crippen LogP contribution in [-0.2, 0) is 4.74 Å². The summed E-state index contributed by atoms with van der Waals surface area (Å²) in [7, 11) is 0. The molecule has 0 aromatic carbocycles. The molecule has 0 saturated heterocycles. The summed E-state index contributed by atoms with van der Waals surface area (Å²) in [5, 5.41) is 3.63. The van der Waals surface area contributed by atoms with Crippen molar-refractivity contribution in [1.82, 2.24) is 5.32 Å². The summed E-state index contributed by atoms with van der Waals surface area (Å²) in [4.78, 5) is 0. The lowest BCUT2D eigenvalue weighted by atomic mass is 9.99. The number of hydrogen-bond donors (Lipinski definition) is 1. The zero-order valence-electron chi connectivity index (χ0n) is 9.88. The third-order valence-corrected chi connectivity index (χ3v) is 3.23. The second-order valence-electron chi connectivity index (χ2n) is 4.56. The van der Waals surface area contributed by atoms with Gasteiger partial charge in [0.05, 0.1) is 6.61 Å². The van der Waals surface area contributed by atoms with Crippen LogP contribution in [0.5, 0.6) is 0 Å². The third kappa shape index (κ3) is 3.97. The Hall–Kier alpha value is -0.0800. The topological polar surface area (TPSA) is 21.3 Å². The van der Waals surface area contributed by atoms with Crippen LogP contribution < -0.4 is 5.32 Å². The summed E-state index contributed by atoms with van der Waals surface area (Å²) in [5.74, 6) is 0.902. The average Bonchev–Trinajstić information content (AvgIpc) is 2.67. The Balaban J connectivity index is 2.14. The predicted molar refractivity (Wildman–Crippen MR) is 60.5 cm³/mol.